The third-order valence-electron chi connectivity index (χ3n) is 6.08. The first kappa shape index (κ1) is 24.8. The molecule has 1 N–H and O–H groups in total. The number of aliphatic hydroxyl groups is 1. The van der Waals surface area contributed by atoms with Crippen LogP contribution >= 0.6 is 11.3 Å². The lowest BCUT2D eigenvalue weighted by molar-refractivity contribution is -0.384. The summed E-state index contributed by atoms with van der Waals surface area (Å²) in [4.78, 5) is 42.5. The Balaban J connectivity index is 1.52. The average Bonchev–Trinajstić information content (AvgIpc) is 3.54. The Morgan fingerprint density at radius 1 is 1.11 bits per heavy atom. The van der Waals surface area contributed by atoms with E-state index in [1.54, 1.807) is 35.7 Å². The first-order valence-corrected chi connectivity index (χ1v) is 12.4. The van der Waals surface area contributed by atoms with Crippen molar-refractivity contribution < 1.29 is 24.4 Å². The maximum absolute atomic E-state index is 13.2. The highest BCUT2D eigenvalue weighted by Crippen LogP contribution is 2.43. The molecule has 1 amide bonds. The summed E-state index contributed by atoms with van der Waals surface area (Å²) < 4.78 is 5.84. The van der Waals surface area contributed by atoms with Crippen molar-refractivity contribution in [2.75, 3.05) is 4.90 Å². The lowest BCUT2D eigenvalue weighted by Gasteiger charge is -2.22. The monoisotopic (exact) mass is 527 g/mol. The Morgan fingerprint density at radius 2 is 1.87 bits per heavy atom. The molecule has 5 rings (SSSR count). The van der Waals surface area contributed by atoms with Crippen LogP contribution in [-0.4, -0.2) is 26.7 Å². The third-order valence-corrected chi connectivity index (χ3v) is 6.85. The molecule has 1 atom stereocenters. The van der Waals surface area contributed by atoms with E-state index in [1.807, 2.05) is 31.2 Å². The van der Waals surface area contributed by atoms with Gasteiger partial charge in [-0.2, -0.15) is 0 Å². The van der Waals surface area contributed by atoms with Crippen molar-refractivity contribution in [1.82, 2.24) is 4.98 Å². The van der Waals surface area contributed by atoms with Gasteiger partial charge in [-0.1, -0.05) is 42.0 Å². The number of hydrogen-bond donors (Lipinski definition) is 1. The molecule has 0 saturated carbocycles. The van der Waals surface area contributed by atoms with Gasteiger partial charge in [-0.25, -0.2) is 4.98 Å². The summed E-state index contributed by atoms with van der Waals surface area (Å²) in [6, 6.07) is 19.0. The Morgan fingerprint density at radius 3 is 2.55 bits per heavy atom. The van der Waals surface area contributed by atoms with Crippen LogP contribution in [0, 0.1) is 17.0 Å². The molecule has 10 heteroatoms. The number of non-ortho nitro benzene ring substituents is 1. The molecule has 0 aliphatic carbocycles. The molecule has 1 aliphatic rings. The highest BCUT2D eigenvalue weighted by molar-refractivity contribution is 7.14. The van der Waals surface area contributed by atoms with Crippen molar-refractivity contribution in [3.8, 4) is 5.75 Å². The Hall–Kier alpha value is -4.83. The van der Waals surface area contributed by atoms with Crippen LogP contribution in [0.2, 0.25) is 0 Å². The zero-order valence-corrected chi connectivity index (χ0v) is 20.9. The van der Waals surface area contributed by atoms with E-state index in [2.05, 4.69) is 4.98 Å². The van der Waals surface area contributed by atoms with Gasteiger partial charge >= 0.3 is 5.91 Å². The van der Waals surface area contributed by atoms with Crippen LogP contribution in [-0.2, 0) is 16.2 Å². The van der Waals surface area contributed by atoms with E-state index in [0.29, 0.717) is 23.5 Å². The summed E-state index contributed by atoms with van der Waals surface area (Å²) in [5.41, 5.74) is 2.34. The van der Waals surface area contributed by atoms with Gasteiger partial charge < -0.3 is 9.84 Å². The summed E-state index contributed by atoms with van der Waals surface area (Å²) >= 11 is 1.14. The summed E-state index contributed by atoms with van der Waals surface area (Å²) in [6.07, 6.45) is 1.49. The number of amides is 1. The van der Waals surface area contributed by atoms with Crippen molar-refractivity contribution in [1.29, 1.82) is 0 Å². The van der Waals surface area contributed by atoms with E-state index in [-0.39, 0.29) is 16.4 Å². The molecule has 1 aliphatic heterocycles. The Kier molecular flexibility index (Phi) is 6.71. The molecule has 190 valence electrons. The van der Waals surface area contributed by atoms with Gasteiger partial charge in [0.15, 0.2) is 5.13 Å². The molecule has 3 aromatic carbocycles. The van der Waals surface area contributed by atoms with Crippen molar-refractivity contribution in [2.24, 2.45) is 0 Å². The summed E-state index contributed by atoms with van der Waals surface area (Å²) in [6.45, 7) is 2.36. The van der Waals surface area contributed by atoms with Crippen LogP contribution in [0.3, 0.4) is 0 Å². The number of thiazole rings is 1. The number of rotatable bonds is 7. The molecule has 1 saturated heterocycles. The van der Waals surface area contributed by atoms with Crippen LogP contribution in [0.5, 0.6) is 5.75 Å². The number of aliphatic hydroxyl groups excluding tert-OH is 1. The first-order valence-electron chi connectivity index (χ1n) is 11.6. The van der Waals surface area contributed by atoms with Gasteiger partial charge in [0.1, 0.15) is 18.1 Å². The zero-order valence-electron chi connectivity index (χ0n) is 20.1. The van der Waals surface area contributed by atoms with Gasteiger partial charge in [0, 0.05) is 29.3 Å². The van der Waals surface area contributed by atoms with Crippen LogP contribution < -0.4 is 9.64 Å². The number of ketones is 1. The average molecular weight is 528 g/mol. The molecule has 1 unspecified atom stereocenters. The molecule has 0 radical (unpaired) electrons. The van der Waals surface area contributed by atoms with Gasteiger partial charge in [-0.3, -0.25) is 24.6 Å². The number of aryl methyl sites for hydroxylation is 1. The number of ether oxygens (including phenoxy) is 1. The minimum atomic E-state index is -1.10. The molecule has 38 heavy (non-hydrogen) atoms. The van der Waals surface area contributed by atoms with E-state index >= 15 is 0 Å². The van der Waals surface area contributed by atoms with E-state index in [1.165, 1.54) is 24.4 Å². The lowest BCUT2D eigenvalue weighted by Crippen LogP contribution is -2.29. The third kappa shape index (κ3) is 4.76. The van der Waals surface area contributed by atoms with Gasteiger partial charge in [0.25, 0.3) is 11.5 Å². The van der Waals surface area contributed by atoms with Gasteiger partial charge in [0.05, 0.1) is 16.5 Å². The van der Waals surface area contributed by atoms with Crippen molar-refractivity contribution >= 4 is 39.6 Å². The number of carbonyl (C=O) groups excluding carboxylic acids is 2. The largest absolute Gasteiger partial charge is 0.507 e. The SMILES string of the molecule is Cc1cccc(COc2ccc(/C(O)=C3/C(=O)C(=O)N(c4nccs4)C3c3cccc([N+](=O)[O-])c3)cc2)c1. The summed E-state index contributed by atoms with van der Waals surface area (Å²) in [5.74, 6) is -1.63. The minimum Gasteiger partial charge on any atom is -0.507 e. The van der Waals surface area contributed by atoms with Crippen LogP contribution in [0.4, 0.5) is 10.8 Å². The first-order chi connectivity index (χ1) is 18.3. The molecule has 1 fully saturated rings. The van der Waals surface area contributed by atoms with Crippen molar-refractivity contribution in [2.45, 2.75) is 19.6 Å². The van der Waals surface area contributed by atoms with Crippen molar-refractivity contribution in [3.63, 3.8) is 0 Å². The predicted molar refractivity (Wildman–Crippen MR) is 142 cm³/mol. The number of hydrogen-bond acceptors (Lipinski definition) is 8. The fourth-order valence-corrected chi connectivity index (χ4v) is 4.99. The maximum atomic E-state index is 13.2. The van der Waals surface area contributed by atoms with Crippen molar-refractivity contribution in [3.05, 3.63) is 122 Å². The van der Waals surface area contributed by atoms with E-state index in [9.17, 15) is 24.8 Å². The molecule has 4 aromatic rings. The van der Waals surface area contributed by atoms with E-state index in [4.69, 9.17) is 4.74 Å². The second-order valence-electron chi connectivity index (χ2n) is 8.64. The van der Waals surface area contributed by atoms with Gasteiger partial charge in [0.2, 0.25) is 0 Å². The second-order valence-corrected chi connectivity index (χ2v) is 9.51. The number of Topliss-reactive ketones (excluding diaryl/α,β-unsaturated/α-hetero) is 1. The predicted octanol–water partition coefficient (Wildman–Crippen LogP) is 5.57. The zero-order chi connectivity index (χ0) is 26.8. The fourth-order valence-electron chi connectivity index (χ4n) is 4.32. The minimum absolute atomic E-state index is 0.181. The standard InChI is InChI=1S/C28H21N3O6S/c1-17-4-2-5-18(14-17)16-37-22-10-8-19(9-11-22)25(32)23-24(20-6-3-7-21(15-20)31(35)36)30(27(34)26(23)33)28-29-12-13-38-28/h2-15,24,32H,16H2,1H3/b25-23-. The smallest absolute Gasteiger partial charge is 0.301 e. The topological polar surface area (TPSA) is 123 Å². The lowest BCUT2D eigenvalue weighted by atomic mass is 9.95. The molecular formula is C28H21N3O6S. The normalized spacial score (nSPS) is 16.6. The molecule has 1 aromatic heterocycles. The number of nitrogens with zero attached hydrogens (tertiary/aromatic N) is 3. The Bertz CT molecular complexity index is 1560. The number of aromatic nitrogens is 1. The molecular weight excluding hydrogens is 506 g/mol. The number of anilines is 1. The highest BCUT2D eigenvalue weighted by Gasteiger charge is 2.48. The second kappa shape index (κ2) is 10.3. The van der Waals surface area contributed by atoms with Crippen LogP contribution in [0.25, 0.3) is 5.76 Å². The quantitative estimate of drug-likeness (QED) is 0.110. The maximum Gasteiger partial charge on any atom is 0.301 e. The fraction of sp³-hybridized carbons (Fsp3) is 0.107. The van der Waals surface area contributed by atoms with Crippen LogP contribution in [0.1, 0.15) is 28.3 Å². The van der Waals surface area contributed by atoms with Gasteiger partial charge in [-0.15, -0.1) is 11.3 Å². The molecule has 0 spiro atoms. The van der Waals surface area contributed by atoms with Gasteiger partial charge in [-0.05, 0) is 42.3 Å². The summed E-state index contributed by atoms with van der Waals surface area (Å²) in [7, 11) is 0. The Labute approximate surface area is 221 Å². The molecule has 9 nitrogen and oxygen atoms in total. The number of carbonyl (C=O) groups is 2. The van der Waals surface area contributed by atoms with E-state index in [0.717, 1.165) is 27.4 Å². The number of benzene rings is 3. The van der Waals surface area contributed by atoms with Crippen LogP contribution in [0.15, 0.2) is 89.9 Å². The summed E-state index contributed by atoms with van der Waals surface area (Å²) in [5, 5.41) is 24.5. The highest BCUT2D eigenvalue weighted by atomic mass is 32.1. The molecule has 0 bridgehead atoms. The number of nitro benzene ring substituents is 1. The molecule has 2 heterocycles. The van der Waals surface area contributed by atoms with E-state index < -0.39 is 28.4 Å². The number of nitro groups is 1.